The number of carbonyl (C=O) groups is 1. The summed E-state index contributed by atoms with van der Waals surface area (Å²) in [7, 11) is 0. The zero-order chi connectivity index (χ0) is 26.2. The SMILES string of the molecule is Cc1ccc(NC(=O)N2CC3CCC3(C(F)(F)F)C2)cc1-c1cc(OCCO)nc(N2CCOCC2)c1. The first-order chi connectivity index (χ1) is 17.7. The Kier molecular flexibility index (Phi) is 6.93. The summed E-state index contributed by atoms with van der Waals surface area (Å²) >= 11 is 0. The van der Waals surface area contributed by atoms with Gasteiger partial charge < -0.3 is 29.7 Å². The van der Waals surface area contributed by atoms with Gasteiger partial charge in [-0.15, -0.1) is 0 Å². The van der Waals surface area contributed by atoms with Gasteiger partial charge >= 0.3 is 12.2 Å². The van der Waals surface area contributed by atoms with Gasteiger partial charge in [0.25, 0.3) is 0 Å². The molecule has 2 amide bonds. The monoisotopic (exact) mass is 520 g/mol. The minimum atomic E-state index is -4.31. The molecule has 5 rings (SSSR count). The van der Waals surface area contributed by atoms with E-state index in [0.717, 1.165) is 16.7 Å². The van der Waals surface area contributed by atoms with Crippen molar-refractivity contribution in [3.05, 3.63) is 35.9 Å². The molecule has 2 atom stereocenters. The number of amides is 2. The Morgan fingerprint density at radius 3 is 2.70 bits per heavy atom. The number of likely N-dealkylation sites (tertiary alicyclic amines) is 1. The molecule has 1 aromatic heterocycles. The largest absolute Gasteiger partial charge is 0.475 e. The molecule has 37 heavy (non-hydrogen) atoms. The van der Waals surface area contributed by atoms with E-state index in [4.69, 9.17) is 9.47 Å². The number of halogens is 3. The number of rotatable bonds is 6. The minimum Gasteiger partial charge on any atom is -0.475 e. The first-order valence-corrected chi connectivity index (χ1v) is 12.5. The molecule has 0 radical (unpaired) electrons. The van der Waals surface area contributed by atoms with Crippen LogP contribution in [0.4, 0.5) is 29.5 Å². The Morgan fingerprint density at radius 1 is 1.27 bits per heavy atom. The summed E-state index contributed by atoms with van der Waals surface area (Å²) in [4.78, 5) is 20.9. The smallest absolute Gasteiger partial charge is 0.396 e. The number of aromatic nitrogens is 1. The summed E-state index contributed by atoms with van der Waals surface area (Å²) < 4.78 is 52.1. The van der Waals surface area contributed by atoms with Gasteiger partial charge in [0, 0.05) is 37.9 Å². The molecule has 2 aliphatic heterocycles. The van der Waals surface area contributed by atoms with Crippen LogP contribution >= 0.6 is 0 Å². The van der Waals surface area contributed by atoms with Crippen molar-refractivity contribution >= 4 is 17.5 Å². The van der Waals surface area contributed by atoms with Crippen LogP contribution in [0.1, 0.15) is 18.4 Å². The summed E-state index contributed by atoms with van der Waals surface area (Å²) in [6.45, 7) is 4.25. The van der Waals surface area contributed by atoms with Crippen molar-refractivity contribution in [3.63, 3.8) is 0 Å². The number of anilines is 2. The van der Waals surface area contributed by atoms with E-state index in [-0.39, 0.29) is 32.7 Å². The topological polar surface area (TPSA) is 87.2 Å². The van der Waals surface area contributed by atoms with Gasteiger partial charge in [0.05, 0.1) is 25.2 Å². The van der Waals surface area contributed by atoms with Crippen molar-refractivity contribution in [2.45, 2.75) is 25.9 Å². The molecule has 0 spiro atoms. The number of hydrogen-bond donors (Lipinski definition) is 2. The highest BCUT2D eigenvalue weighted by Gasteiger charge is 2.68. The highest BCUT2D eigenvalue weighted by Crippen LogP contribution is 2.60. The van der Waals surface area contributed by atoms with Crippen LogP contribution in [0.15, 0.2) is 30.3 Å². The predicted molar refractivity (Wildman–Crippen MR) is 132 cm³/mol. The molecule has 2 N–H and O–H groups in total. The van der Waals surface area contributed by atoms with Crippen LogP contribution in [0.5, 0.6) is 5.88 Å². The molecule has 2 unspecified atom stereocenters. The first-order valence-electron chi connectivity index (χ1n) is 12.5. The van der Waals surface area contributed by atoms with E-state index in [9.17, 15) is 23.1 Å². The number of alkyl halides is 3. The van der Waals surface area contributed by atoms with Crippen LogP contribution < -0.4 is 15.0 Å². The second kappa shape index (κ2) is 10.0. The van der Waals surface area contributed by atoms with Crippen LogP contribution in [0, 0.1) is 18.3 Å². The van der Waals surface area contributed by atoms with Crippen LogP contribution in [-0.4, -0.2) is 79.8 Å². The van der Waals surface area contributed by atoms with Crippen LogP contribution in [-0.2, 0) is 4.74 Å². The molecule has 1 aliphatic carbocycles. The number of aryl methyl sites for hydroxylation is 1. The summed E-state index contributed by atoms with van der Waals surface area (Å²) in [5.41, 5.74) is 1.32. The van der Waals surface area contributed by atoms with Gasteiger partial charge in [-0.25, -0.2) is 4.79 Å². The van der Waals surface area contributed by atoms with Crippen LogP contribution in [0.2, 0.25) is 0 Å². The fraction of sp³-hybridized carbons (Fsp3) is 0.538. The lowest BCUT2D eigenvalue weighted by Gasteiger charge is -2.44. The van der Waals surface area contributed by atoms with Crippen molar-refractivity contribution in [1.82, 2.24) is 9.88 Å². The third-order valence-corrected chi connectivity index (χ3v) is 7.75. The van der Waals surface area contributed by atoms with E-state index >= 15 is 0 Å². The number of hydrogen-bond acceptors (Lipinski definition) is 6. The first kappa shape index (κ1) is 25.6. The zero-order valence-corrected chi connectivity index (χ0v) is 20.7. The highest BCUT2D eigenvalue weighted by atomic mass is 19.4. The van der Waals surface area contributed by atoms with Crippen molar-refractivity contribution in [2.24, 2.45) is 11.3 Å². The minimum absolute atomic E-state index is 0.0772. The van der Waals surface area contributed by atoms with Gasteiger partial charge in [-0.05, 0) is 60.6 Å². The Bertz CT molecular complexity index is 1160. The molecule has 2 aromatic rings. The third-order valence-electron chi connectivity index (χ3n) is 7.75. The van der Waals surface area contributed by atoms with Crippen molar-refractivity contribution < 1.29 is 32.5 Å². The molecule has 1 aromatic carbocycles. The van der Waals surface area contributed by atoms with Crippen molar-refractivity contribution in [3.8, 4) is 17.0 Å². The number of carbonyl (C=O) groups excluding carboxylic acids is 1. The van der Waals surface area contributed by atoms with E-state index in [0.29, 0.717) is 50.1 Å². The fourth-order valence-electron chi connectivity index (χ4n) is 5.50. The summed E-state index contributed by atoms with van der Waals surface area (Å²) in [6, 6.07) is 8.61. The number of urea groups is 1. The van der Waals surface area contributed by atoms with Gasteiger partial charge in [-0.1, -0.05) is 6.07 Å². The number of benzene rings is 1. The molecule has 3 aliphatic rings. The molecule has 1 saturated carbocycles. The molecule has 3 heterocycles. The van der Waals surface area contributed by atoms with Crippen LogP contribution in [0.25, 0.3) is 11.1 Å². The fourth-order valence-corrected chi connectivity index (χ4v) is 5.50. The Balaban J connectivity index is 1.38. The molecular formula is C26H31F3N4O4. The molecule has 11 heteroatoms. The second-order valence-electron chi connectivity index (χ2n) is 9.95. The maximum Gasteiger partial charge on any atom is 0.396 e. The maximum absolute atomic E-state index is 13.7. The number of nitrogens with one attached hydrogen (secondary N) is 1. The van der Waals surface area contributed by atoms with E-state index < -0.39 is 23.5 Å². The lowest BCUT2D eigenvalue weighted by molar-refractivity contribution is -0.259. The lowest BCUT2D eigenvalue weighted by Crippen LogP contribution is -2.51. The number of aliphatic hydroxyl groups excluding tert-OH is 1. The van der Waals surface area contributed by atoms with Gasteiger partial charge in [0.15, 0.2) is 0 Å². The molecular weight excluding hydrogens is 489 g/mol. The van der Waals surface area contributed by atoms with Gasteiger partial charge in [0.2, 0.25) is 5.88 Å². The summed E-state index contributed by atoms with van der Waals surface area (Å²) in [5, 5.41) is 12.0. The average Bonchev–Trinajstić information content (AvgIpc) is 3.15. The van der Waals surface area contributed by atoms with Gasteiger partial charge in [0.1, 0.15) is 12.4 Å². The predicted octanol–water partition coefficient (Wildman–Crippen LogP) is 4.07. The van der Waals surface area contributed by atoms with Gasteiger partial charge in [-0.2, -0.15) is 18.2 Å². The molecule has 8 nitrogen and oxygen atoms in total. The number of pyridine rings is 1. The molecule has 200 valence electrons. The van der Waals surface area contributed by atoms with Crippen LogP contribution in [0.3, 0.4) is 0 Å². The number of nitrogens with zero attached hydrogens (tertiary/aromatic N) is 3. The summed E-state index contributed by atoms with van der Waals surface area (Å²) in [6.07, 6.45) is -3.74. The van der Waals surface area contributed by atoms with Crippen molar-refractivity contribution in [1.29, 1.82) is 0 Å². The molecule has 0 bridgehead atoms. The summed E-state index contributed by atoms with van der Waals surface area (Å²) in [5.74, 6) is 0.555. The van der Waals surface area contributed by atoms with E-state index in [2.05, 4.69) is 15.2 Å². The van der Waals surface area contributed by atoms with E-state index in [1.807, 2.05) is 25.1 Å². The average molecular weight is 521 g/mol. The van der Waals surface area contributed by atoms with E-state index in [1.165, 1.54) is 4.90 Å². The van der Waals surface area contributed by atoms with Crippen molar-refractivity contribution in [2.75, 3.05) is 62.8 Å². The Hall–Kier alpha value is -3.05. The normalized spacial score (nSPS) is 23.4. The lowest BCUT2D eigenvalue weighted by atomic mass is 9.61. The standard InChI is InChI=1S/C26H31F3N4O4/c1-17-2-3-20(30-24(35)33-15-19-4-5-25(19,16-33)26(27,28)29)14-21(17)18-12-22(32-6-9-36-10-7-32)31-23(13-18)37-11-8-34/h2-3,12-14,19,34H,4-11,15-16H2,1H3,(H,30,35). The number of fused-ring (bicyclic) bond motifs is 1. The quantitative estimate of drug-likeness (QED) is 0.597. The highest BCUT2D eigenvalue weighted by molar-refractivity contribution is 5.91. The molecule has 3 fully saturated rings. The van der Waals surface area contributed by atoms with Gasteiger partial charge in [-0.3, -0.25) is 0 Å². The number of aliphatic hydroxyl groups is 1. The Morgan fingerprint density at radius 2 is 2.05 bits per heavy atom. The third kappa shape index (κ3) is 4.94. The second-order valence-corrected chi connectivity index (χ2v) is 9.95. The number of morpholine rings is 1. The zero-order valence-electron chi connectivity index (χ0n) is 20.7. The Labute approximate surface area is 213 Å². The maximum atomic E-state index is 13.7. The van der Waals surface area contributed by atoms with E-state index in [1.54, 1.807) is 12.1 Å². The number of ether oxygens (including phenoxy) is 2. The molecule has 2 saturated heterocycles.